The topological polar surface area (TPSA) is 46.9 Å². The zero-order chi connectivity index (χ0) is 17.4. The lowest BCUT2D eigenvalue weighted by atomic mass is 10.1. The number of hydrogen-bond acceptors (Lipinski definition) is 2. The molecule has 2 aromatic carbocycles. The van der Waals surface area contributed by atoms with Crippen LogP contribution in [0.3, 0.4) is 0 Å². The fraction of sp³-hybridized carbons (Fsp3) is 0.238. The third-order valence-electron chi connectivity index (χ3n) is 4.96. The molecule has 3 aromatic rings. The van der Waals surface area contributed by atoms with Gasteiger partial charge in [0, 0.05) is 0 Å². The van der Waals surface area contributed by atoms with Crippen LogP contribution in [-0.2, 0) is 6.42 Å². The highest BCUT2D eigenvalue weighted by atomic mass is 16.1. The Labute approximate surface area is 147 Å². The number of rotatable bonds is 3. The average Bonchev–Trinajstić information content (AvgIpc) is 3.16. The normalized spacial score (nSPS) is 15.8. The van der Waals surface area contributed by atoms with Gasteiger partial charge < -0.3 is 5.32 Å². The fourth-order valence-corrected chi connectivity index (χ4v) is 3.73. The molecule has 4 nitrogen and oxygen atoms in total. The van der Waals surface area contributed by atoms with Crippen LogP contribution in [-0.4, -0.2) is 15.7 Å². The summed E-state index contributed by atoms with van der Waals surface area (Å²) in [6.07, 6.45) is 1.97. The summed E-state index contributed by atoms with van der Waals surface area (Å²) in [7, 11) is 0. The molecule has 0 radical (unpaired) electrons. The number of nitrogens with one attached hydrogen (secondary N) is 1. The van der Waals surface area contributed by atoms with Crippen molar-refractivity contribution in [3.63, 3.8) is 0 Å². The highest BCUT2D eigenvalue weighted by Crippen LogP contribution is 2.31. The van der Waals surface area contributed by atoms with E-state index in [1.165, 1.54) is 11.1 Å². The van der Waals surface area contributed by atoms with Crippen molar-refractivity contribution >= 4 is 5.91 Å². The highest BCUT2D eigenvalue weighted by molar-refractivity contribution is 5.96. The van der Waals surface area contributed by atoms with Gasteiger partial charge in [0.25, 0.3) is 5.91 Å². The van der Waals surface area contributed by atoms with E-state index < -0.39 is 0 Å². The number of hydrogen-bond donors (Lipinski definition) is 1. The van der Waals surface area contributed by atoms with Gasteiger partial charge >= 0.3 is 0 Å². The van der Waals surface area contributed by atoms with Crippen molar-refractivity contribution in [3.8, 4) is 5.69 Å². The molecule has 0 bridgehead atoms. The van der Waals surface area contributed by atoms with Gasteiger partial charge in [-0.15, -0.1) is 0 Å². The molecular weight excluding hydrogens is 310 g/mol. The molecule has 0 saturated carbocycles. The lowest BCUT2D eigenvalue weighted by Crippen LogP contribution is -2.28. The number of carbonyl (C=O) groups is 1. The molecule has 1 heterocycles. The summed E-state index contributed by atoms with van der Waals surface area (Å²) in [4.78, 5) is 12.9. The number of para-hydroxylation sites is 1. The Morgan fingerprint density at radius 2 is 1.80 bits per heavy atom. The predicted octanol–water partition coefficient (Wildman–Crippen LogP) is 3.91. The molecule has 0 aliphatic heterocycles. The molecule has 1 aliphatic carbocycles. The largest absolute Gasteiger partial charge is 0.345 e. The van der Waals surface area contributed by atoms with Gasteiger partial charge in [0.2, 0.25) is 0 Å². The molecule has 4 heteroatoms. The van der Waals surface area contributed by atoms with Crippen LogP contribution in [0, 0.1) is 13.8 Å². The van der Waals surface area contributed by atoms with E-state index >= 15 is 0 Å². The average molecular weight is 331 g/mol. The van der Waals surface area contributed by atoms with Gasteiger partial charge in [-0.3, -0.25) is 4.79 Å². The van der Waals surface area contributed by atoms with Gasteiger partial charge in [0.05, 0.1) is 28.7 Å². The number of aromatic nitrogens is 2. The van der Waals surface area contributed by atoms with Crippen LogP contribution in [0.5, 0.6) is 0 Å². The van der Waals surface area contributed by atoms with Crippen molar-refractivity contribution in [2.24, 2.45) is 0 Å². The van der Waals surface area contributed by atoms with E-state index in [0.29, 0.717) is 5.56 Å². The molecule has 1 unspecified atom stereocenters. The van der Waals surface area contributed by atoms with E-state index in [4.69, 9.17) is 0 Å². The molecule has 0 fully saturated rings. The minimum Gasteiger partial charge on any atom is -0.345 e. The third-order valence-corrected chi connectivity index (χ3v) is 4.96. The third kappa shape index (κ3) is 2.74. The van der Waals surface area contributed by atoms with Gasteiger partial charge in [0.1, 0.15) is 0 Å². The van der Waals surface area contributed by atoms with Crippen LogP contribution in [0.1, 0.15) is 45.3 Å². The molecule has 1 amide bonds. The smallest absolute Gasteiger partial charge is 0.255 e. The van der Waals surface area contributed by atoms with E-state index in [-0.39, 0.29) is 11.9 Å². The molecule has 1 N–H and O–H groups in total. The molecule has 4 rings (SSSR count). The minimum atomic E-state index is -0.0427. The van der Waals surface area contributed by atoms with Crippen LogP contribution in [0.15, 0.2) is 54.6 Å². The van der Waals surface area contributed by atoms with E-state index in [2.05, 4.69) is 28.6 Å². The van der Waals surface area contributed by atoms with Gasteiger partial charge in [-0.2, -0.15) is 5.10 Å². The van der Waals surface area contributed by atoms with Crippen molar-refractivity contribution in [1.82, 2.24) is 15.1 Å². The molecule has 0 spiro atoms. The Bertz CT molecular complexity index is 928. The Morgan fingerprint density at radius 1 is 1.08 bits per heavy atom. The molecule has 1 atom stereocenters. The van der Waals surface area contributed by atoms with E-state index in [0.717, 1.165) is 29.9 Å². The summed E-state index contributed by atoms with van der Waals surface area (Å²) < 4.78 is 1.84. The summed E-state index contributed by atoms with van der Waals surface area (Å²) in [5.41, 5.74) is 5.84. The van der Waals surface area contributed by atoms with Gasteiger partial charge in [-0.05, 0) is 49.9 Å². The lowest BCUT2D eigenvalue weighted by Gasteiger charge is -2.14. The molecule has 1 aromatic heterocycles. The van der Waals surface area contributed by atoms with Crippen LogP contribution in [0.4, 0.5) is 0 Å². The second-order valence-electron chi connectivity index (χ2n) is 6.56. The van der Waals surface area contributed by atoms with E-state index in [1.807, 2.05) is 54.9 Å². The van der Waals surface area contributed by atoms with Gasteiger partial charge in [-0.25, -0.2) is 4.68 Å². The van der Waals surface area contributed by atoms with Crippen molar-refractivity contribution < 1.29 is 4.79 Å². The first kappa shape index (κ1) is 15.6. The van der Waals surface area contributed by atoms with E-state index in [9.17, 15) is 4.79 Å². The fourth-order valence-electron chi connectivity index (χ4n) is 3.73. The summed E-state index contributed by atoms with van der Waals surface area (Å²) in [5.74, 6) is -0.0427. The van der Waals surface area contributed by atoms with E-state index in [1.54, 1.807) is 0 Å². The molecule has 126 valence electrons. The second kappa shape index (κ2) is 6.20. The zero-order valence-electron chi connectivity index (χ0n) is 14.5. The number of aryl methyl sites for hydroxylation is 2. The van der Waals surface area contributed by atoms with Crippen molar-refractivity contribution in [1.29, 1.82) is 0 Å². The predicted molar refractivity (Wildman–Crippen MR) is 98.0 cm³/mol. The molecule has 0 saturated heterocycles. The Morgan fingerprint density at radius 3 is 2.60 bits per heavy atom. The number of benzene rings is 2. The Balaban J connectivity index is 1.63. The maximum absolute atomic E-state index is 12.9. The summed E-state index contributed by atoms with van der Waals surface area (Å²) in [6, 6.07) is 18.3. The van der Waals surface area contributed by atoms with Crippen LogP contribution in [0.2, 0.25) is 0 Å². The second-order valence-corrected chi connectivity index (χ2v) is 6.56. The first-order valence-corrected chi connectivity index (χ1v) is 8.65. The number of carbonyl (C=O) groups excluding carboxylic acids is 1. The Hall–Kier alpha value is -2.88. The van der Waals surface area contributed by atoms with Crippen LogP contribution in [0.25, 0.3) is 5.69 Å². The van der Waals surface area contributed by atoms with Crippen molar-refractivity contribution in [3.05, 3.63) is 82.7 Å². The maximum Gasteiger partial charge on any atom is 0.255 e. The SMILES string of the molecule is Cc1nn(-c2ccccc2)c(C)c1C(=O)NC1CCc2ccccc21. The zero-order valence-corrected chi connectivity index (χ0v) is 14.5. The highest BCUT2D eigenvalue weighted by Gasteiger charge is 2.26. The van der Waals surface area contributed by atoms with Crippen LogP contribution < -0.4 is 5.32 Å². The number of fused-ring (bicyclic) bond motifs is 1. The molecular formula is C21H21N3O. The molecule has 1 aliphatic rings. The Kier molecular flexibility index (Phi) is 3.88. The van der Waals surface area contributed by atoms with Crippen molar-refractivity contribution in [2.75, 3.05) is 0 Å². The first-order valence-electron chi connectivity index (χ1n) is 8.65. The summed E-state index contributed by atoms with van der Waals surface area (Å²) in [5, 5.41) is 7.78. The van der Waals surface area contributed by atoms with Gasteiger partial charge in [0.15, 0.2) is 0 Å². The minimum absolute atomic E-state index is 0.0427. The van der Waals surface area contributed by atoms with Gasteiger partial charge in [-0.1, -0.05) is 42.5 Å². The summed E-state index contributed by atoms with van der Waals surface area (Å²) in [6.45, 7) is 3.84. The first-order chi connectivity index (χ1) is 12.1. The molecule has 25 heavy (non-hydrogen) atoms. The maximum atomic E-state index is 12.9. The van der Waals surface area contributed by atoms with Crippen molar-refractivity contribution in [2.45, 2.75) is 32.7 Å². The standard InChI is InChI=1S/C21H21N3O/c1-14-20(15(2)24(23-14)17-9-4-3-5-10-17)21(25)22-19-13-12-16-8-6-7-11-18(16)19/h3-11,19H,12-13H2,1-2H3,(H,22,25). The van der Waals surface area contributed by atoms with Crippen LogP contribution >= 0.6 is 0 Å². The number of nitrogens with zero attached hydrogens (tertiary/aromatic N) is 2. The quantitative estimate of drug-likeness (QED) is 0.791. The summed E-state index contributed by atoms with van der Waals surface area (Å²) >= 11 is 0. The number of amides is 1. The lowest BCUT2D eigenvalue weighted by molar-refractivity contribution is 0.0935. The monoisotopic (exact) mass is 331 g/mol.